The number of carbonyl (C=O) groups is 2. The summed E-state index contributed by atoms with van der Waals surface area (Å²) in [5.41, 5.74) is 3.25. The maximum Gasteiger partial charge on any atom is 0.251 e. The molecule has 9 heteroatoms. The van der Waals surface area contributed by atoms with Crippen LogP contribution in [0.3, 0.4) is 0 Å². The minimum absolute atomic E-state index is 0.0371. The summed E-state index contributed by atoms with van der Waals surface area (Å²) in [5.74, 6) is 0.801. The first-order valence-electron chi connectivity index (χ1n) is 12.3. The lowest BCUT2D eigenvalue weighted by Crippen LogP contribution is -2.37. The SMILES string of the molecule is CC(C)Oc1ccc(C(=O)N[C@H](CCO)Cc2ccc(-c3cn4c(n3)N(C)CCC4=O)cc2)cc1C#N. The standard InChI is InChI=1S/C28H31N5O4/c1-18(2)37-25-9-8-21(15-22(25)16-29)27(36)30-23(11-13-34)14-19-4-6-20(7-5-19)24-17-33-26(35)10-12-32(3)28(33)31-24/h4-9,15,17-18,23,34H,10-14H2,1-3H3,(H,30,36)/t23-/m1/s1. The number of rotatable bonds is 9. The van der Waals surface area contributed by atoms with Crippen molar-refractivity contribution in [1.82, 2.24) is 14.9 Å². The topological polar surface area (TPSA) is 120 Å². The summed E-state index contributed by atoms with van der Waals surface area (Å²) in [6.07, 6.45) is 3.05. The Hall–Kier alpha value is -4.16. The van der Waals surface area contributed by atoms with Crippen LogP contribution in [0.25, 0.3) is 11.3 Å². The van der Waals surface area contributed by atoms with E-state index in [1.54, 1.807) is 22.9 Å². The monoisotopic (exact) mass is 501 g/mol. The Bertz CT molecular complexity index is 1320. The lowest BCUT2D eigenvalue weighted by Gasteiger charge is -2.23. The van der Waals surface area contributed by atoms with Crippen LogP contribution in [0.2, 0.25) is 0 Å². The van der Waals surface area contributed by atoms with E-state index in [9.17, 15) is 20.0 Å². The molecule has 2 N–H and O–H groups in total. The van der Waals surface area contributed by atoms with Gasteiger partial charge >= 0.3 is 0 Å². The molecule has 0 fully saturated rings. The Morgan fingerprint density at radius 3 is 2.65 bits per heavy atom. The van der Waals surface area contributed by atoms with E-state index in [1.807, 2.05) is 50.1 Å². The van der Waals surface area contributed by atoms with Crippen LogP contribution in [-0.2, 0) is 6.42 Å². The molecule has 1 aliphatic heterocycles. The predicted molar refractivity (Wildman–Crippen MR) is 140 cm³/mol. The van der Waals surface area contributed by atoms with Crippen molar-refractivity contribution in [1.29, 1.82) is 5.26 Å². The number of carbonyl (C=O) groups excluding carboxylic acids is 2. The minimum atomic E-state index is -0.319. The van der Waals surface area contributed by atoms with Crippen LogP contribution in [0.5, 0.6) is 5.75 Å². The van der Waals surface area contributed by atoms with E-state index < -0.39 is 0 Å². The van der Waals surface area contributed by atoms with Crippen molar-refractivity contribution in [3.8, 4) is 23.1 Å². The van der Waals surface area contributed by atoms with Gasteiger partial charge in [-0.2, -0.15) is 5.26 Å². The Labute approximate surface area is 216 Å². The molecule has 1 aromatic heterocycles. The number of aliphatic hydroxyl groups is 1. The second-order valence-electron chi connectivity index (χ2n) is 9.43. The smallest absolute Gasteiger partial charge is 0.251 e. The third kappa shape index (κ3) is 5.98. The van der Waals surface area contributed by atoms with Crippen LogP contribution in [0.15, 0.2) is 48.7 Å². The molecule has 1 amide bonds. The van der Waals surface area contributed by atoms with Crippen LogP contribution in [0.1, 0.15) is 53.0 Å². The zero-order valence-electron chi connectivity index (χ0n) is 21.3. The third-order valence-corrected chi connectivity index (χ3v) is 6.23. The molecule has 1 atom stereocenters. The van der Waals surface area contributed by atoms with Crippen molar-refractivity contribution in [3.05, 3.63) is 65.4 Å². The predicted octanol–water partition coefficient (Wildman–Crippen LogP) is 3.41. The molecule has 3 aromatic rings. The number of hydrogen-bond acceptors (Lipinski definition) is 7. The average Bonchev–Trinajstić information content (AvgIpc) is 3.34. The van der Waals surface area contributed by atoms with Crippen molar-refractivity contribution >= 4 is 17.8 Å². The third-order valence-electron chi connectivity index (χ3n) is 6.23. The van der Waals surface area contributed by atoms with Crippen LogP contribution in [0.4, 0.5) is 5.95 Å². The highest BCUT2D eigenvalue weighted by Crippen LogP contribution is 2.26. The Kier molecular flexibility index (Phi) is 7.89. The van der Waals surface area contributed by atoms with E-state index in [-0.39, 0.29) is 30.6 Å². The van der Waals surface area contributed by atoms with E-state index in [0.29, 0.717) is 48.6 Å². The molecule has 0 radical (unpaired) electrons. The summed E-state index contributed by atoms with van der Waals surface area (Å²) in [6.45, 7) is 4.32. The maximum absolute atomic E-state index is 12.9. The van der Waals surface area contributed by atoms with Gasteiger partial charge in [0, 0.05) is 50.0 Å². The number of ether oxygens (including phenoxy) is 1. The first-order chi connectivity index (χ1) is 17.8. The van der Waals surface area contributed by atoms with Gasteiger partial charge < -0.3 is 20.1 Å². The van der Waals surface area contributed by atoms with Gasteiger partial charge in [0.15, 0.2) is 0 Å². The van der Waals surface area contributed by atoms with E-state index >= 15 is 0 Å². The van der Waals surface area contributed by atoms with E-state index in [1.165, 1.54) is 6.07 Å². The number of aliphatic hydroxyl groups excluding tert-OH is 1. The number of aromatic nitrogens is 2. The normalized spacial score (nSPS) is 13.7. The summed E-state index contributed by atoms with van der Waals surface area (Å²) in [5, 5.41) is 22.0. The van der Waals surface area contributed by atoms with Crippen LogP contribution in [0, 0.1) is 11.3 Å². The molecule has 0 bridgehead atoms. The molecule has 37 heavy (non-hydrogen) atoms. The lowest BCUT2D eigenvalue weighted by molar-refractivity contribution is 0.0895. The quantitative estimate of drug-likeness (QED) is 0.461. The summed E-state index contributed by atoms with van der Waals surface area (Å²) in [4.78, 5) is 31.7. The Morgan fingerprint density at radius 2 is 2.00 bits per heavy atom. The van der Waals surface area contributed by atoms with E-state index in [0.717, 1.165) is 16.8 Å². The van der Waals surface area contributed by atoms with Gasteiger partial charge in [-0.05, 0) is 50.5 Å². The van der Waals surface area contributed by atoms with Crippen LogP contribution < -0.4 is 15.0 Å². The van der Waals surface area contributed by atoms with Crippen molar-refractivity contribution < 1.29 is 19.4 Å². The molecule has 192 valence electrons. The molecule has 2 aromatic carbocycles. The maximum atomic E-state index is 12.9. The van der Waals surface area contributed by atoms with Crippen molar-refractivity contribution in [3.63, 3.8) is 0 Å². The van der Waals surface area contributed by atoms with Gasteiger partial charge in [0.25, 0.3) is 5.91 Å². The molecular weight excluding hydrogens is 470 g/mol. The molecule has 4 rings (SSSR count). The van der Waals surface area contributed by atoms with Gasteiger partial charge in [0.2, 0.25) is 11.9 Å². The van der Waals surface area contributed by atoms with E-state index in [2.05, 4.69) is 16.4 Å². The van der Waals surface area contributed by atoms with Gasteiger partial charge in [0.1, 0.15) is 11.8 Å². The van der Waals surface area contributed by atoms with Crippen molar-refractivity contribution in [2.75, 3.05) is 25.1 Å². The molecule has 0 saturated heterocycles. The Balaban J connectivity index is 1.45. The first kappa shape index (κ1) is 25.9. The summed E-state index contributed by atoms with van der Waals surface area (Å²) in [7, 11) is 1.92. The van der Waals surface area contributed by atoms with Gasteiger partial charge in [-0.1, -0.05) is 24.3 Å². The fourth-order valence-electron chi connectivity index (χ4n) is 4.31. The second kappa shape index (κ2) is 11.3. The van der Waals surface area contributed by atoms with E-state index in [4.69, 9.17) is 4.74 Å². The summed E-state index contributed by atoms with van der Waals surface area (Å²) < 4.78 is 7.23. The number of fused-ring (bicyclic) bond motifs is 1. The number of amides is 1. The van der Waals surface area contributed by atoms with Crippen molar-refractivity contribution in [2.45, 2.75) is 45.3 Å². The molecule has 0 unspecified atom stereocenters. The Morgan fingerprint density at radius 1 is 1.24 bits per heavy atom. The molecule has 9 nitrogen and oxygen atoms in total. The summed E-state index contributed by atoms with van der Waals surface area (Å²) >= 11 is 0. The molecule has 0 spiro atoms. The lowest BCUT2D eigenvalue weighted by atomic mass is 10.0. The molecule has 1 aliphatic rings. The van der Waals surface area contributed by atoms with Crippen LogP contribution in [-0.4, -0.2) is 58.8 Å². The highest BCUT2D eigenvalue weighted by atomic mass is 16.5. The zero-order valence-corrected chi connectivity index (χ0v) is 21.3. The van der Waals surface area contributed by atoms with Gasteiger partial charge in [0.05, 0.1) is 17.4 Å². The number of nitrogens with zero attached hydrogens (tertiary/aromatic N) is 4. The first-order valence-corrected chi connectivity index (χ1v) is 12.3. The number of anilines is 1. The highest BCUT2D eigenvalue weighted by molar-refractivity contribution is 5.95. The van der Waals surface area contributed by atoms with Gasteiger partial charge in [-0.3, -0.25) is 14.2 Å². The highest BCUT2D eigenvalue weighted by Gasteiger charge is 2.23. The molecule has 0 aliphatic carbocycles. The second-order valence-corrected chi connectivity index (χ2v) is 9.43. The van der Waals surface area contributed by atoms with Crippen LogP contribution >= 0.6 is 0 Å². The molecule has 2 heterocycles. The number of nitrogens with one attached hydrogen (secondary N) is 1. The largest absolute Gasteiger partial charge is 0.490 e. The molecule has 0 saturated carbocycles. The van der Waals surface area contributed by atoms with Gasteiger partial charge in [-0.15, -0.1) is 0 Å². The molecular formula is C28H31N5O4. The number of benzene rings is 2. The summed E-state index contributed by atoms with van der Waals surface area (Å²) in [6, 6.07) is 14.4. The number of nitriles is 1. The van der Waals surface area contributed by atoms with Crippen molar-refractivity contribution in [2.24, 2.45) is 0 Å². The van der Waals surface area contributed by atoms with Gasteiger partial charge in [-0.25, -0.2) is 4.98 Å². The fraction of sp³-hybridized carbons (Fsp3) is 0.357. The zero-order chi connectivity index (χ0) is 26.5. The average molecular weight is 502 g/mol. The number of imidazole rings is 1. The minimum Gasteiger partial charge on any atom is -0.490 e. The fourth-order valence-corrected chi connectivity index (χ4v) is 4.31. The number of hydrogen-bond donors (Lipinski definition) is 2.